The van der Waals surface area contributed by atoms with Crippen molar-refractivity contribution in [2.24, 2.45) is 7.05 Å². The van der Waals surface area contributed by atoms with Crippen molar-refractivity contribution in [1.82, 2.24) is 25.0 Å². The molecule has 4 aromatic rings. The third kappa shape index (κ3) is 4.16. The van der Waals surface area contributed by atoms with Crippen molar-refractivity contribution in [3.8, 4) is 0 Å². The van der Waals surface area contributed by atoms with Gasteiger partial charge in [0.1, 0.15) is 5.82 Å². The van der Waals surface area contributed by atoms with Gasteiger partial charge in [0, 0.05) is 62.1 Å². The van der Waals surface area contributed by atoms with Crippen molar-refractivity contribution in [1.29, 1.82) is 0 Å². The van der Waals surface area contributed by atoms with E-state index in [-0.39, 0.29) is 17.6 Å². The van der Waals surface area contributed by atoms with Gasteiger partial charge in [-0.1, -0.05) is 30.3 Å². The van der Waals surface area contributed by atoms with Gasteiger partial charge >= 0.3 is 0 Å². The lowest BCUT2D eigenvalue weighted by molar-refractivity contribution is -0.123. The number of nitrogens with zero attached hydrogens (tertiary/aromatic N) is 3. The highest BCUT2D eigenvalue weighted by Crippen LogP contribution is 2.28. The molecule has 0 saturated carbocycles. The average molecular weight is 432 g/mol. The minimum atomic E-state index is -0.316. The van der Waals surface area contributed by atoms with Crippen molar-refractivity contribution in [3.05, 3.63) is 89.1 Å². The van der Waals surface area contributed by atoms with E-state index in [2.05, 4.69) is 32.4 Å². The van der Waals surface area contributed by atoms with Gasteiger partial charge in [-0.3, -0.25) is 14.4 Å². The van der Waals surface area contributed by atoms with Crippen LogP contribution < -0.4 is 5.32 Å². The third-order valence-electron chi connectivity index (χ3n) is 6.09. The molecular formula is C25H26FN5O. The van der Waals surface area contributed by atoms with Gasteiger partial charge in [-0.05, 0) is 35.7 Å². The zero-order chi connectivity index (χ0) is 22.1. The molecular weight excluding hydrogens is 405 g/mol. The van der Waals surface area contributed by atoms with E-state index in [4.69, 9.17) is 0 Å². The summed E-state index contributed by atoms with van der Waals surface area (Å²) in [7, 11) is 1.89. The molecule has 0 bridgehead atoms. The highest BCUT2D eigenvalue weighted by atomic mass is 19.1. The van der Waals surface area contributed by atoms with Gasteiger partial charge in [0.2, 0.25) is 5.91 Å². The molecule has 1 aliphatic rings. The molecule has 1 amide bonds. The Hall–Kier alpha value is -3.45. The number of rotatable bonds is 6. The molecule has 0 aliphatic carbocycles. The Morgan fingerprint density at radius 1 is 1.25 bits per heavy atom. The van der Waals surface area contributed by atoms with Gasteiger partial charge in [-0.2, -0.15) is 5.10 Å². The van der Waals surface area contributed by atoms with Gasteiger partial charge < -0.3 is 10.3 Å². The molecule has 1 atom stereocenters. The number of halogens is 1. The van der Waals surface area contributed by atoms with Crippen LogP contribution in [0.25, 0.3) is 10.9 Å². The Morgan fingerprint density at radius 3 is 2.94 bits per heavy atom. The van der Waals surface area contributed by atoms with Crippen molar-refractivity contribution in [3.63, 3.8) is 0 Å². The number of H-pyrrole nitrogens is 1. The molecule has 3 heterocycles. The summed E-state index contributed by atoms with van der Waals surface area (Å²) in [6.45, 7) is 2.69. The summed E-state index contributed by atoms with van der Waals surface area (Å²) in [6.07, 6.45) is 4.52. The molecule has 6 nitrogen and oxygen atoms in total. The Balaban J connectivity index is 1.27. The lowest BCUT2D eigenvalue weighted by Crippen LogP contribution is -2.41. The van der Waals surface area contributed by atoms with Crippen LogP contribution in [0.5, 0.6) is 0 Å². The normalized spacial score (nSPS) is 16.2. The van der Waals surface area contributed by atoms with Gasteiger partial charge in [0.05, 0.1) is 11.6 Å². The van der Waals surface area contributed by atoms with E-state index in [0.29, 0.717) is 19.5 Å². The highest BCUT2D eigenvalue weighted by Gasteiger charge is 2.33. The summed E-state index contributed by atoms with van der Waals surface area (Å²) >= 11 is 0. The average Bonchev–Trinajstić information content (AvgIpc) is 3.36. The molecule has 164 valence electrons. The lowest BCUT2D eigenvalue weighted by atomic mass is 9.95. The van der Waals surface area contributed by atoms with E-state index in [1.165, 1.54) is 17.7 Å². The van der Waals surface area contributed by atoms with Crippen LogP contribution in [-0.2, 0) is 31.4 Å². The maximum absolute atomic E-state index is 13.6. The Morgan fingerprint density at radius 2 is 2.09 bits per heavy atom. The van der Waals surface area contributed by atoms with Crippen LogP contribution in [0, 0.1) is 5.82 Å². The number of fused-ring (bicyclic) bond motifs is 2. The van der Waals surface area contributed by atoms with E-state index in [1.807, 2.05) is 37.6 Å². The zero-order valence-corrected chi connectivity index (χ0v) is 18.0. The Kier molecular flexibility index (Phi) is 5.49. The molecule has 1 unspecified atom stereocenters. The number of aromatic amines is 1. The molecule has 2 aromatic heterocycles. The van der Waals surface area contributed by atoms with E-state index >= 15 is 0 Å². The van der Waals surface area contributed by atoms with Gasteiger partial charge in [0.25, 0.3) is 0 Å². The summed E-state index contributed by atoms with van der Waals surface area (Å²) < 4.78 is 15.4. The fourth-order valence-electron chi connectivity index (χ4n) is 4.59. The van der Waals surface area contributed by atoms with Crippen LogP contribution in [0.1, 0.15) is 28.3 Å². The molecule has 0 saturated heterocycles. The fraction of sp³-hybridized carbons (Fsp3) is 0.280. The van der Waals surface area contributed by atoms with Crippen LogP contribution in [-0.4, -0.2) is 38.7 Å². The summed E-state index contributed by atoms with van der Waals surface area (Å²) in [5, 5.41) is 8.53. The minimum Gasteiger partial charge on any atom is -0.361 e. The minimum absolute atomic E-state index is 0.0197. The van der Waals surface area contributed by atoms with E-state index in [1.54, 1.807) is 10.7 Å². The van der Waals surface area contributed by atoms with E-state index in [0.717, 1.165) is 40.8 Å². The first kappa shape index (κ1) is 20.5. The zero-order valence-electron chi connectivity index (χ0n) is 18.0. The first-order valence-corrected chi connectivity index (χ1v) is 10.9. The molecule has 7 heteroatoms. The van der Waals surface area contributed by atoms with Crippen molar-refractivity contribution in [2.75, 3.05) is 13.1 Å². The lowest BCUT2D eigenvalue weighted by Gasteiger charge is -2.31. The van der Waals surface area contributed by atoms with E-state index in [9.17, 15) is 9.18 Å². The third-order valence-corrected chi connectivity index (χ3v) is 6.09. The molecule has 0 spiro atoms. The smallest absolute Gasteiger partial charge is 0.230 e. The SMILES string of the molecule is Cn1cc2c(n1)C(C(=O)NCCc1c[nH]c3ccc(F)cc13)CN(Cc1ccccc1)C2. The van der Waals surface area contributed by atoms with Gasteiger partial charge in [0.15, 0.2) is 0 Å². The summed E-state index contributed by atoms with van der Waals surface area (Å²) in [5.74, 6) is -0.594. The fourth-order valence-corrected chi connectivity index (χ4v) is 4.59. The predicted octanol–water partition coefficient (Wildman–Crippen LogP) is 3.50. The highest BCUT2D eigenvalue weighted by molar-refractivity contribution is 5.85. The van der Waals surface area contributed by atoms with Crippen LogP contribution in [0.4, 0.5) is 4.39 Å². The van der Waals surface area contributed by atoms with Crippen LogP contribution in [0.2, 0.25) is 0 Å². The van der Waals surface area contributed by atoms with Crippen molar-refractivity contribution >= 4 is 16.8 Å². The van der Waals surface area contributed by atoms with Crippen LogP contribution in [0.15, 0.2) is 60.9 Å². The second-order valence-corrected chi connectivity index (χ2v) is 8.47. The number of hydrogen-bond donors (Lipinski definition) is 2. The Labute approximate surface area is 186 Å². The van der Waals surface area contributed by atoms with Gasteiger partial charge in [-0.15, -0.1) is 0 Å². The second kappa shape index (κ2) is 8.59. The number of hydrogen-bond acceptors (Lipinski definition) is 3. The number of amides is 1. The maximum atomic E-state index is 13.6. The standard InChI is InChI=1S/C25H26FN5O/c1-30-14-19-15-31(13-17-5-3-2-4-6-17)16-22(24(19)29-30)25(32)27-10-9-18-12-28-23-8-7-20(26)11-21(18)23/h2-8,11-12,14,22,28H,9-10,13,15-16H2,1H3,(H,27,32). The molecule has 32 heavy (non-hydrogen) atoms. The monoisotopic (exact) mass is 431 g/mol. The molecule has 2 N–H and O–H groups in total. The number of nitrogens with one attached hydrogen (secondary N) is 2. The van der Waals surface area contributed by atoms with Crippen molar-refractivity contribution in [2.45, 2.75) is 25.4 Å². The predicted molar refractivity (Wildman–Crippen MR) is 121 cm³/mol. The largest absolute Gasteiger partial charge is 0.361 e. The van der Waals surface area contributed by atoms with E-state index < -0.39 is 0 Å². The molecule has 2 aromatic carbocycles. The van der Waals surface area contributed by atoms with Crippen LogP contribution >= 0.6 is 0 Å². The summed E-state index contributed by atoms with van der Waals surface area (Å²) in [6, 6.07) is 15.0. The topological polar surface area (TPSA) is 66.0 Å². The summed E-state index contributed by atoms with van der Waals surface area (Å²) in [5.41, 5.74) is 5.08. The number of carbonyl (C=O) groups excluding carboxylic acids is 1. The molecule has 5 rings (SSSR count). The quantitative estimate of drug-likeness (QED) is 0.491. The summed E-state index contributed by atoms with van der Waals surface area (Å²) in [4.78, 5) is 18.6. The number of benzene rings is 2. The first-order valence-electron chi connectivity index (χ1n) is 10.9. The molecule has 0 radical (unpaired) electrons. The number of aryl methyl sites for hydroxylation is 1. The number of aromatic nitrogens is 3. The van der Waals surface area contributed by atoms with Gasteiger partial charge in [-0.25, -0.2) is 4.39 Å². The second-order valence-electron chi connectivity index (χ2n) is 8.47. The molecule has 1 aliphatic heterocycles. The Bertz CT molecular complexity index is 1250. The van der Waals surface area contributed by atoms with Crippen LogP contribution in [0.3, 0.4) is 0 Å². The molecule has 0 fully saturated rings. The first-order chi connectivity index (χ1) is 15.6. The number of carbonyl (C=O) groups is 1. The van der Waals surface area contributed by atoms with Crippen molar-refractivity contribution < 1.29 is 9.18 Å². The maximum Gasteiger partial charge on any atom is 0.230 e.